The third-order valence-electron chi connectivity index (χ3n) is 4.92. The largest absolute Gasteiger partial charge is 0.455 e. The number of nitrogens with zero attached hydrogens (tertiary/aromatic N) is 2. The van der Waals surface area contributed by atoms with Crippen molar-refractivity contribution in [1.82, 2.24) is 10.1 Å². The number of ether oxygens (including phenoxy) is 1. The van der Waals surface area contributed by atoms with E-state index >= 15 is 0 Å². The summed E-state index contributed by atoms with van der Waals surface area (Å²) in [5.41, 5.74) is 0.803. The van der Waals surface area contributed by atoms with E-state index in [1.165, 1.54) is 6.07 Å². The van der Waals surface area contributed by atoms with Crippen LogP contribution in [0.5, 0.6) is 0 Å². The number of aryl methyl sites for hydroxylation is 1. The second-order valence-electron chi connectivity index (χ2n) is 6.62. The lowest BCUT2D eigenvalue weighted by Crippen LogP contribution is -2.44. The monoisotopic (exact) mass is 404 g/mol. The van der Waals surface area contributed by atoms with Crippen LogP contribution in [-0.2, 0) is 20.8 Å². The van der Waals surface area contributed by atoms with Gasteiger partial charge in [0.05, 0.1) is 9.64 Å². The fraction of sp³-hybridized carbons (Fsp3) is 0.529. The highest BCUT2D eigenvalue weighted by molar-refractivity contribution is 7.92. The molecule has 0 bridgehead atoms. The van der Waals surface area contributed by atoms with Gasteiger partial charge in [0.2, 0.25) is 0 Å². The van der Waals surface area contributed by atoms with Gasteiger partial charge in [-0.15, -0.1) is 0 Å². The first-order valence-electron chi connectivity index (χ1n) is 8.43. The van der Waals surface area contributed by atoms with Crippen molar-refractivity contribution in [1.29, 1.82) is 0 Å². The van der Waals surface area contributed by atoms with Gasteiger partial charge in [-0.3, -0.25) is 0 Å². The molecule has 1 aromatic carbocycles. The molecule has 10 heteroatoms. The van der Waals surface area contributed by atoms with Crippen LogP contribution in [0.2, 0.25) is 0 Å². The highest BCUT2D eigenvalue weighted by Gasteiger charge is 2.49. The second-order valence-corrected chi connectivity index (χ2v) is 8.97. The Bertz CT molecular complexity index is 926. The fourth-order valence-corrected chi connectivity index (χ4v) is 5.52. The van der Waals surface area contributed by atoms with Gasteiger partial charge in [-0.2, -0.15) is 18.2 Å². The Morgan fingerprint density at radius 1 is 1.33 bits per heavy atom. The third kappa shape index (κ3) is 3.60. The average Bonchev–Trinajstić information content (AvgIpc) is 3.12. The van der Waals surface area contributed by atoms with E-state index in [9.17, 15) is 21.6 Å². The summed E-state index contributed by atoms with van der Waals surface area (Å²) in [5.74, 6) is -1.77. The normalized spacial score (nSPS) is 24.1. The topological polar surface area (TPSA) is 82.3 Å². The Kier molecular flexibility index (Phi) is 5.06. The van der Waals surface area contributed by atoms with Crippen LogP contribution in [0.25, 0.3) is 0 Å². The zero-order valence-electron chi connectivity index (χ0n) is 14.8. The minimum Gasteiger partial charge on any atom is -0.368 e. The van der Waals surface area contributed by atoms with Crippen LogP contribution >= 0.6 is 0 Å². The minimum atomic E-state index is -4.74. The first-order chi connectivity index (χ1) is 12.6. The Morgan fingerprint density at radius 2 is 2.07 bits per heavy atom. The van der Waals surface area contributed by atoms with Gasteiger partial charge >= 0.3 is 6.18 Å². The maximum atomic E-state index is 13.3. The molecule has 148 valence electrons. The van der Waals surface area contributed by atoms with Crippen molar-refractivity contribution in [3.05, 3.63) is 41.5 Å². The van der Waals surface area contributed by atoms with E-state index in [2.05, 4.69) is 10.1 Å². The van der Waals surface area contributed by atoms with E-state index < -0.39 is 32.7 Å². The number of aromatic nitrogens is 2. The average molecular weight is 404 g/mol. The molecule has 2 unspecified atom stereocenters. The molecule has 0 radical (unpaired) electrons. The van der Waals surface area contributed by atoms with Gasteiger partial charge in [0.1, 0.15) is 6.10 Å². The zero-order chi connectivity index (χ0) is 19.9. The van der Waals surface area contributed by atoms with Gasteiger partial charge in [-0.1, -0.05) is 24.2 Å². The van der Waals surface area contributed by atoms with E-state index in [1.807, 2.05) is 0 Å². The number of sulfone groups is 1. The van der Waals surface area contributed by atoms with Crippen molar-refractivity contribution in [3.63, 3.8) is 0 Å². The first kappa shape index (κ1) is 19.8. The van der Waals surface area contributed by atoms with Gasteiger partial charge in [0.15, 0.2) is 9.84 Å². The summed E-state index contributed by atoms with van der Waals surface area (Å²) in [6.45, 7) is 3.60. The molecule has 0 amide bonds. The van der Waals surface area contributed by atoms with E-state index in [0.29, 0.717) is 0 Å². The van der Waals surface area contributed by atoms with Crippen LogP contribution in [-0.4, -0.2) is 29.9 Å². The zero-order valence-corrected chi connectivity index (χ0v) is 15.6. The molecule has 1 fully saturated rings. The summed E-state index contributed by atoms with van der Waals surface area (Å²) in [7, 11) is -3.75. The first-order valence-corrected chi connectivity index (χ1v) is 9.91. The smallest absolute Gasteiger partial charge is 0.368 e. The molecule has 0 spiro atoms. The standard InChI is InChI=1S/C17H19F3N2O4S/c1-3-16(27(23,24)12-6-4-5-11(2)9-12)7-8-25-13(10-16)14-21-15(22-26-14)17(18,19)20/h4-6,9,13H,3,7-8,10H2,1-2H3. The molecule has 3 rings (SSSR count). The summed E-state index contributed by atoms with van der Waals surface area (Å²) in [6, 6.07) is 6.57. The number of hydrogen-bond donors (Lipinski definition) is 0. The third-order valence-corrected chi connectivity index (χ3v) is 7.59. The molecule has 1 saturated heterocycles. The van der Waals surface area contributed by atoms with Crippen LogP contribution in [0.15, 0.2) is 33.7 Å². The Morgan fingerprint density at radius 3 is 2.67 bits per heavy atom. The Hall–Kier alpha value is -1.94. The number of halogens is 3. The van der Waals surface area contributed by atoms with Gasteiger partial charge < -0.3 is 9.26 Å². The van der Waals surface area contributed by atoms with Crippen LogP contribution in [0.1, 0.15) is 49.6 Å². The number of hydrogen-bond acceptors (Lipinski definition) is 6. The van der Waals surface area contributed by atoms with E-state index in [1.54, 1.807) is 32.0 Å². The maximum absolute atomic E-state index is 13.3. The lowest BCUT2D eigenvalue weighted by atomic mass is 9.92. The van der Waals surface area contributed by atoms with Gasteiger partial charge in [-0.05, 0) is 37.5 Å². The molecule has 1 aliphatic rings. The molecular formula is C17H19F3N2O4S. The molecule has 27 heavy (non-hydrogen) atoms. The molecule has 0 N–H and O–H groups in total. The summed E-state index contributed by atoms with van der Waals surface area (Å²) in [4.78, 5) is 3.54. The maximum Gasteiger partial charge on any atom is 0.455 e. The second kappa shape index (κ2) is 6.90. The summed E-state index contributed by atoms with van der Waals surface area (Å²) < 4.78 is 73.8. The molecule has 1 aliphatic heterocycles. The molecular weight excluding hydrogens is 385 g/mol. The van der Waals surface area contributed by atoms with Gasteiger partial charge in [-0.25, -0.2) is 8.42 Å². The minimum absolute atomic E-state index is 0.0563. The van der Waals surface area contributed by atoms with Gasteiger partial charge in [0, 0.05) is 13.0 Å². The molecule has 0 saturated carbocycles. The Labute approximate surface area is 154 Å². The van der Waals surface area contributed by atoms with E-state index in [0.717, 1.165) is 5.56 Å². The number of rotatable bonds is 4. The SMILES string of the molecule is CCC1(S(=O)(=O)c2cccc(C)c2)CCOC(c2nc(C(F)(F)F)no2)C1. The molecule has 2 heterocycles. The summed E-state index contributed by atoms with van der Waals surface area (Å²) in [5, 5.41) is 2.93. The lowest BCUT2D eigenvalue weighted by molar-refractivity contribution is -0.146. The van der Waals surface area contributed by atoms with Crippen molar-refractivity contribution in [2.75, 3.05) is 6.61 Å². The van der Waals surface area contributed by atoms with Crippen LogP contribution in [0.3, 0.4) is 0 Å². The summed E-state index contributed by atoms with van der Waals surface area (Å²) in [6.07, 6.45) is -5.30. The van der Waals surface area contributed by atoms with Crippen LogP contribution in [0.4, 0.5) is 13.2 Å². The van der Waals surface area contributed by atoms with Gasteiger partial charge in [0.25, 0.3) is 11.7 Å². The number of alkyl halides is 3. The van der Waals surface area contributed by atoms with Crippen molar-refractivity contribution in [2.45, 2.75) is 55.0 Å². The molecule has 0 aliphatic carbocycles. The molecule has 1 aromatic heterocycles. The van der Waals surface area contributed by atoms with Crippen molar-refractivity contribution in [3.8, 4) is 0 Å². The van der Waals surface area contributed by atoms with E-state index in [-0.39, 0.29) is 36.7 Å². The number of benzene rings is 1. The highest BCUT2D eigenvalue weighted by atomic mass is 32.2. The predicted octanol–water partition coefficient (Wildman–Crippen LogP) is 3.87. The van der Waals surface area contributed by atoms with E-state index in [4.69, 9.17) is 9.26 Å². The fourth-order valence-electron chi connectivity index (χ4n) is 3.31. The highest BCUT2D eigenvalue weighted by Crippen LogP contribution is 2.44. The molecule has 6 nitrogen and oxygen atoms in total. The van der Waals surface area contributed by atoms with Crippen LogP contribution < -0.4 is 0 Å². The van der Waals surface area contributed by atoms with Crippen molar-refractivity contribution in [2.24, 2.45) is 0 Å². The van der Waals surface area contributed by atoms with Crippen LogP contribution in [0, 0.1) is 6.92 Å². The quantitative estimate of drug-likeness (QED) is 0.769. The summed E-state index contributed by atoms with van der Waals surface area (Å²) >= 11 is 0. The Balaban J connectivity index is 1.95. The molecule has 2 atom stereocenters. The lowest BCUT2D eigenvalue weighted by Gasteiger charge is -2.38. The molecule has 2 aromatic rings. The van der Waals surface area contributed by atoms with Crippen molar-refractivity contribution < 1.29 is 30.8 Å². The predicted molar refractivity (Wildman–Crippen MR) is 88.6 cm³/mol. The van der Waals surface area contributed by atoms with Crippen molar-refractivity contribution >= 4 is 9.84 Å².